The van der Waals surface area contributed by atoms with Crippen molar-refractivity contribution in [2.75, 3.05) is 24.5 Å². The third-order valence-corrected chi connectivity index (χ3v) is 5.16. The van der Waals surface area contributed by atoms with E-state index in [9.17, 15) is 0 Å². The van der Waals surface area contributed by atoms with Crippen molar-refractivity contribution in [1.29, 1.82) is 0 Å². The number of nitrogens with one attached hydrogen (secondary N) is 2. The summed E-state index contributed by atoms with van der Waals surface area (Å²) >= 11 is 0. The zero-order valence-corrected chi connectivity index (χ0v) is 16.6. The summed E-state index contributed by atoms with van der Waals surface area (Å²) in [6, 6.07) is 25.3. The number of nitrogens with zero attached hydrogens (tertiary/aromatic N) is 2. The van der Waals surface area contributed by atoms with Gasteiger partial charge in [0, 0.05) is 37.8 Å². The first-order valence-corrected chi connectivity index (χ1v) is 10.3. The minimum absolute atomic E-state index is 0.376. The first kappa shape index (κ1) is 19.1. The molecular formula is C24H28N4O. The predicted octanol–water partition coefficient (Wildman–Crippen LogP) is 3.84. The Morgan fingerprint density at radius 3 is 2.55 bits per heavy atom. The molecule has 0 aliphatic carbocycles. The second-order valence-corrected chi connectivity index (χ2v) is 7.32. The van der Waals surface area contributed by atoms with Gasteiger partial charge in [0.25, 0.3) is 0 Å². The molecule has 1 aliphatic heterocycles. The number of guanidine groups is 1. The van der Waals surface area contributed by atoms with Crippen molar-refractivity contribution in [2.24, 2.45) is 4.99 Å². The molecule has 29 heavy (non-hydrogen) atoms. The third-order valence-electron chi connectivity index (χ3n) is 5.16. The smallest absolute Gasteiger partial charge is 0.191 e. The normalized spacial score (nSPS) is 16.8. The number of benzene rings is 2. The number of hydrogen-bond donors (Lipinski definition) is 2. The van der Waals surface area contributed by atoms with Crippen LogP contribution in [0.4, 0.5) is 5.69 Å². The maximum absolute atomic E-state index is 5.43. The molecule has 0 amide bonds. The van der Waals surface area contributed by atoms with Crippen LogP contribution in [-0.4, -0.2) is 31.6 Å². The number of hydrogen-bond acceptors (Lipinski definition) is 3. The van der Waals surface area contributed by atoms with Gasteiger partial charge in [0.15, 0.2) is 5.96 Å². The summed E-state index contributed by atoms with van der Waals surface area (Å²) in [7, 11) is 0. The largest absolute Gasteiger partial charge is 0.469 e. The lowest BCUT2D eigenvalue weighted by atomic mass is 10.2. The molecule has 4 rings (SSSR count). The number of anilines is 1. The van der Waals surface area contributed by atoms with E-state index < -0.39 is 0 Å². The van der Waals surface area contributed by atoms with Crippen molar-refractivity contribution in [3.63, 3.8) is 0 Å². The molecule has 1 aromatic heterocycles. The molecule has 2 aromatic carbocycles. The van der Waals surface area contributed by atoms with E-state index in [0.29, 0.717) is 12.6 Å². The van der Waals surface area contributed by atoms with Crippen LogP contribution in [0.2, 0.25) is 0 Å². The highest BCUT2D eigenvalue weighted by atomic mass is 16.3. The van der Waals surface area contributed by atoms with Crippen molar-refractivity contribution in [3.8, 4) is 0 Å². The van der Waals surface area contributed by atoms with Crippen LogP contribution in [0.3, 0.4) is 0 Å². The maximum Gasteiger partial charge on any atom is 0.191 e. The van der Waals surface area contributed by atoms with E-state index in [1.54, 1.807) is 6.26 Å². The van der Waals surface area contributed by atoms with Gasteiger partial charge in [-0.15, -0.1) is 0 Å². The van der Waals surface area contributed by atoms with Crippen LogP contribution >= 0.6 is 0 Å². The fourth-order valence-corrected chi connectivity index (χ4v) is 3.61. The number of furan rings is 1. The first-order chi connectivity index (χ1) is 14.4. The predicted molar refractivity (Wildman–Crippen MR) is 118 cm³/mol. The molecule has 1 unspecified atom stereocenters. The van der Waals surface area contributed by atoms with Crippen LogP contribution in [0.5, 0.6) is 0 Å². The summed E-state index contributed by atoms with van der Waals surface area (Å²) in [4.78, 5) is 7.25. The second-order valence-electron chi connectivity index (χ2n) is 7.32. The Morgan fingerprint density at radius 2 is 1.79 bits per heavy atom. The standard InChI is InChI=1S/C24H28N4O/c1-3-8-20(9-4-1)18-26-24(25-15-13-23-12-7-17-29-23)27-21-14-16-28(19-21)22-10-5-2-6-11-22/h1-12,17,21H,13-16,18-19H2,(H2,25,26,27). The summed E-state index contributed by atoms with van der Waals surface area (Å²) in [5.74, 6) is 1.84. The molecule has 2 heterocycles. The molecule has 1 aliphatic rings. The van der Waals surface area contributed by atoms with Crippen LogP contribution in [-0.2, 0) is 13.0 Å². The van der Waals surface area contributed by atoms with E-state index in [1.165, 1.54) is 11.3 Å². The Morgan fingerprint density at radius 1 is 1.00 bits per heavy atom. The first-order valence-electron chi connectivity index (χ1n) is 10.3. The van der Waals surface area contributed by atoms with Crippen LogP contribution in [0, 0.1) is 0 Å². The fourth-order valence-electron chi connectivity index (χ4n) is 3.61. The highest BCUT2D eigenvalue weighted by Crippen LogP contribution is 2.19. The molecule has 0 bridgehead atoms. The van der Waals surface area contributed by atoms with E-state index in [4.69, 9.17) is 9.41 Å². The summed E-state index contributed by atoms with van der Waals surface area (Å²) in [5.41, 5.74) is 2.49. The van der Waals surface area contributed by atoms with Crippen LogP contribution in [0.15, 0.2) is 88.5 Å². The lowest BCUT2D eigenvalue weighted by molar-refractivity contribution is 0.506. The molecule has 0 spiro atoms. The minimum atomic E-state index is 0.376. The van der Waals surface area contributed by atoms with E-state index in [2.05, 4.69) is 70.1 Å². The van der Waals surface area contributed by atoms with E-state index >= 15 is 0 Å². The van der Waals surface area contributed by atoms with Crippen molar-refractivity contribution >= 4 is 11.6 Å². The van der Waals surface area contributed by atoms with Crippen LogP contribution < -0.4 is 15.5 Å². The molecule has 1 atom stereocenters. The summed E-state index contributed by atoms with van der Waals surface area (Å²) in [6.07, 6.45) is 3.65. The van der Waals surface area contributed by atoms with Gasteiger partial charge < -0.3 is 20.0 Å². The van der Waals surface area contributed by atoms with E-state index in [-0.39, 0.29) is 0 Å². The number of para-hydroxylation sites is 1. The Labute approximate surface area is 172 Å². The number of rotatable bonds is 7. The van der Waals surface area contributed by atoms with E-state index in [1.807, 2.05) is 18.2 Å². The van der Waals surface area contributed by atoms with Gasteiger partial charge in [-0.05, 0) is 36.2 Å². The third kappa shape index (κ3) is 5.64. The topological polar surface area (TPSA) is 52.8 Å². The van der Waals surface area contributed by atoms with Gasteiger partial charge in [-0.25, -0.2) is 4.99 Å². The van der Waals surface area contributed by atoms with E-state index in [0.717, 1.165) is 44.2 Å². The summed E-state index contributed by atoms with van der Waals surface area (Å²) < 4.78 is 5.43. The minimum Gasteiger partial charge on any atom is -0.469 e. The molecule has 5 heteroatoms. The molecule has 3 aromatic rings. The average molecular weight is 389 g/mol. The van der Waals surface area contributed by atoms with Crippen molar-refractivity contribution in [2.45, 2.75) is 25.4 Å². The highest BCUT2D eigenvalue weighted by Gasteiger charge is 2.23. The summed E-state index contributed by atoms with van der Waals surface area (Å²) in [5, 5.41) is 7.10. The van der Waals surface area contributed by atoms with Gasteiger partial charge in [0.05, 0.1) is 12.8 Å². The maximum atomic E-state index is 5.43. The molecule has 2 N–H and O–H groups in total. The van der Waals surface area contributed by atoms with Crippen LogP contribution in [0.25, 0.3) is 0 Å². The van der Waals surface area contributed by atoms with Crippen molar-refractivity contribution in [1.82, 2.24) is 10.6 Å². The Balaban J connectivity index is 1.36. The Kier molecular flexibility index (Phi) is 6.48. The second kappa shape index (κ2) is 9.82. The molecule has 0 saturated carbocycles. The summed E-state index contributed by atoms with van der Waals surface area (Å²) in [6.45, 7) is 3.48. The average Bonchev–Trinajstić information content (AvgIpc) is 3.46. The van der Waals surface area contributed by atoms with Gasteiger partial charge in [0.2, 0.25) is 0 Å². The van der Waals surface area contributed by atoms with Gasteiger partial charge in [0.1, 0.15) is 5.76 Å². The van der Waals surface area contributed by atoms with Gasteiger partial charge >= 0.3 is 0 Å². The Bertz CT molecular complexity index is 878. The van der Waals surface area contributed by atoms with Gasteiger partial charge in [-0.2, -0.15) is 0 Å². The quantitative estimate of drug-likeness (QED) is 0.477. The molecular weight excluding hydrogens is 360 g/mol. The molecule has 1 saturated heterocycles. The van der Waals surface area contributed by atoms with Crippen molar-refractivity contribution in [3.05, 3.63) is 90.4 Å². The SMILES string of the molecule is c1ccc(CN=C(NCCc2ccco2)NC2CCN(c3ccccc3)C2)cc1. The molecule has 0 radical (unpaired) electrons. The Hall–Kier alpha value is -3.21. The molecule has 1 fully saturated rings. The monoisotopic (exact) mass is 388 g/mol. The van der Waals surface area contributed by atoms with Crippen molar-refractivity contribution < 1.29 is 4.42 Å². The fraction of sp³-hybridized carbons (Fsp3) is 0.292. The van der Waals surface area contributed by atoms with Crippen LogP contribution in [0.1, 0.15) is 17.7 Å². The molecule has 150 valence electrons. The lowest BCUT2D eigenvalue weighted by Crippen LogP contribution is -2.45. The van der Waals surface area contributed by atoms with Gasteiger partial charge in [-0.1, -0.05) is 48.5 Å². The zero-order chi connectivity index (χ0) is 19.7. The lowest BCUT2D eigenvalue weighted by Gasteiger charge is -2.20. The number of aliphatic imine (C=N–C) groups is 1. The molecule has 5 nitrogen and oxygen atoms in total. The van der Waals surface area contributed by atoms with Gasteiger partial charge in [-0.3, -0.25) is 0 Å². The zero-order valence-electron chi connectivity index (χ0n) is 16.6. The highest BCUT2D eigenvalue weighted by molar-refractivity contribution is 5.80.